The monoisotopic (exact) mass is 453 g/mol. The van der Waals surface area contributed by atoms with Gasteiger partial charge < -0.3 is 14.9 Å². The van der Waals surface area contributed by atoms with E-state index in [1.54, 1.807) is 6.92 Å². The van der Waals surface area contributed by atoms with Crippen molar-refractivity contribution >= 4 is 34.5 Å². The SMILES string of the molecule is CCOC(=O)C1=C(O)/C(=C\c2cccc(F)c2O)SC1=Nc1cccc(C(F)(F)F)c1. The van der Waals surface area contributed by atoms with E-state index in [1.165, 1.54) is 24.3 Å². The number of nitrogens with zero attached hydrogens (tertiary/aromatic N) is 1. The van der Waals surface area contributed by atoms with Gasteiger partial charge in [0.2, 0.25) is 0 Å². The second-order valence-corrected chi connectivity index (χ2v) is 7.23. The molecular formula is C21H15F4NO4S. The maximum atomic E-state index is 13.6. The lowest BCUT2D eigenvalue weighted by Gasteiger charge is -2.07. The summed E-state index contributed by atoms with van der Waals surface area (Å²) in [5, 5.41) is 20.3. The summed E-state index contributed by atoms with van der Waals surface area (Å²) in [6, 6.07) is 7.91. The van der Waals surface area contributed by atoms with Crippen LogP contribution < -0.4 is 0 Å². The van der Waals surface area contributed by atoms with Crippen molar-refractivity contribution in [2.75, 3.05) is 6.61 Å². The first kappa shape index (κ1) is 22.4. The van der Waals surface area contributed by atoms with Gasteiger partial charge in [-0.25, -0.2) is 14.2 Å². The molecule has 0 amide bonds. The molecule has 0 atom stereocenters. The number of aliphatic imine (C=N–C) groups is 1. The molecule has 162 valence electrons. The fraction of sp³-hybridized carbons (Fsp3) is 0.143. The lowest BCUT2D eigenvalue weighted by molar-refractivity contribution is -0.138. The number of aliphatic hydroxyl groups is 1. The predicted octanol–water partition coefficient (Wildman–Crippen LogP) is 5.74. The minimum absolute atomic E-state index is 0.0130. The number of aliphatic hydroxyl groups excluding tert-OH is 1. The van der Waals surface area contributed by atoms with Gasteiger partial charge in [0.05, 0.1) is 22.8 Å². The van der Waals surface area contributed by atoms with E-state index >= 15 is 0 Å². The molecule has 0 fully saturated rings. The molecule has 5 nitrogen and oxygen atoms in total. The van der Waals surface area contributed by atoms with Crippen LogP contribution in [0.3, 0.4) is 0 Å². The Morgan fingerprint density at radius 1 is 1.19 bits per heavy atom. The number of phenols is 1. The van der Waals surface area contributed by atoms with E-state index in [-0.39, 0.29) is 33.4 Å². The largest absolute Gasteiger partial charge is 0.506 e. The Morgan fingerprint density at radius 2 is 1.90 bits per heavy atom. The van der Waals surface area contributed by atoms with Crippen LogP contribution in [0.5, 0.6) is 5.75 Å². The summed E-state index contributed by atoms with van der Waals surface area (Å²) in [7, 11) is 0. The molecule has 0 saturated heterocycles. The molecular weight excluding hydrogens is 438 g/mol. The average molecular weight is 453 g/mol. The lowest BCUT2D eigenvalue weighted by Crippen LogP contribution is -2.13. The number of phenolic OH excluding ortho intramolecular Hbond substituents is 1. The van der Waals surface area contributed by atoms with Gasteiger partial charge in [0.1, 0.15) is 16.4 Å². The molecule has 1 aliphatic rings. The Labute approximate surface area is 178 Å². The fourth-order valence-corrected chi connectivity index (χ4v) is 3.68. The number of benzene rings is 2. The molecule has 2 aromatic carbocycles. The van der Waals surface area contributed by atoms with Gasteiger partial charge >= 0.3 is 12.1 Å². The minimum Gasteiger partial charge on any atom is -0.506 e. The van der Waals surface area contributed by atoms with Crippen molar-refractivity contribution in [1.29, 1.82) is 0 Å². The van der Waals surface area contributed by atoms with E-state index in [0.717, 1.165) is 36.0 Å². The van der Waals surface area contributed by atoms with Gasteiger partial charge in [-0.15, -0.1) is 0 Å². The zero-order valence-corrected chi connectivity index (χ0v) is 16.7. The van der Waals surface area contributed by atoms with Crippen molar-refractivity contribution in [1.82, 2.24) is 0 Å². The van der Waals surface area contributed by atoms with E-state index < -0.39 is 35.0 Å². The summed E-state index contributed by atoms with van der Waals surface area (Å²) in [6.07, 6.45) is -3.35. The molecule has 0 radical (unpaired) electrons. The highest BCUT2D eigenvalue weighted by atomic mass is 32.2. The first-order valence-electron chi connectivity index (χ1n) is 8.86. The number of carbonyl (C=O) groups excluding carboxylic acids is 1. The van der Waals surface area contributed by atoms with Gasteiger partial charge in [0, 0.05) is 5.56 Å². The Hall–Kier alpha value is -3.27. The average Bonchev–Trinajstić information content (AvgIpc) is 3.00. The number of esters is 1. The van der Waals surface area contributed by atoms with Crippen LogP contribution in [0, 0.1) is 5.82 Å². The maximum Gasteiger partial charge on any atom is 0.416 e. The molecule has 1 heterocycles. The third-order valence-electron chi connectivity index (χ3n) is 4.08. The highest BCUT2D eigenvalue weighted by molar-refractivity contribution is 8.18. The summed E-state index contributed by atoms with van der Waals surface area (Å²) < 4.78 is 57.5. The first-order valence-corrected chi connectivity index (χ1v) is 9.67. The number of rotatable bonds is 4. The van der Waals surface area contributed by atoms with Crippen LogP contribution in [0.2, 0.25) is 0 Å². The van der Waals surface area contributed by atoms with Crippen LogP contribution in [0.4, 0.5) is 23.2 Å². The van der Waals surface area contributed by atoms with Crippen LogP contribution in [0.25, 0.3) is 6.08 Å². The third-order valence-corrected chi connectivity index (χ3v) is 5.10. The summed E-state index contributed by atoms with van der Waals surface area (Å²) >= 11 is 0.770. The zero-order chi connectivity index (χ0) is 22.8. The van der Waals surface area contributed by atoms with Crippen molar-refractivity contribution in [2.45, 2.75) is 13.1 Å². The second-order valence-electron chi connectivity index (χ2n) is 6.20. The first-order chi connectivity index (χ1) is 14.6. The van der Waals surface area contributed by atoms with Gasteiger partial charge in [0.25, 0.3) is 0 Å². The highest BCUT2D eigenvalue weighted by Crippen LogP contribution is 2.41. The number of hydrogen-bond acceptors (Lipinski definition) is 6. The quantitative estimate of drug-likeness (QED) is 0.456. The summed E-state index contributed by atoms with van der Waals surface area (Å²) in [6.45, 7) is 1.53. The molecule has 3 rings (SSSR count). The fourth-order valence-electron chi connectivity index (χ4n) is 2.65. The molecule has 0 unspecified atom stereocenters. The van der Waals surface area contributed by atoms with Gasteiger partial charge in [-0.1, -0.05) is 30.0 Å². The van der Waals surface area contributed by atoms with Crippen LogP contribution in [-0.2, 0) is 15.7 Å². The number of aromatic hydroxyl groups is 1. The molecule has 0 aliphatic carbocycles. The Bertz CT molecular complexity index is 1120. The van der Waals surface area contributed by atoms with Crippen molar-refractivity contribution in [3.8, 4) is 5.75 Å². The molecule has 0 spiro atoms. The van der Waals surface area contributed by atoms with E-state index in [9.17, 15) is 32.6 Å². The lowest BCUT2D eigenvalue weighted by atomic mass is 10.1. The number of thioether (sulfide) groups is 1. The van der Waals surface area contributed by atoms with Gasteiger partial charge in [-0.2, -0.15) is 13.2 Å². The molecule has 1 aliphatic heterocycles. The second kappa shape index (κ2) is 8.84. The molecule has 2 aromatic rings. The molecule has 0 bridgehead atoms. The normalized spacial score (nSPS) is 16.9. The molecule has 2 N–H and O–H groups in total. The topological polar surface area (TPSA) is 79.1 Å². The Morgan fingerprint density at radius 3 is 2.58 bits per heavy atom. The standard InChI is InChI=1S/C21H15F4NO4S/c1-2-30-20(29)16-18(28)15(9-11-5-3-8-14(22)17(11)27)31-19(16)26-13-7-4-6-12(10-13)21(23,24)25/h3-10,27-28H,2H2,1H3/b15-9+,26-19?. The van der Waals surface area contributed by atoms with E-state index in [0.29, 0.717) is 0 Å². The van der Waals surface area contributed by atoms with Crippen molar-refractivity contribution in [2.24, 2.45) is 4.99 Å². The van der Waals surface area contributed by atoms with Crippen molar-refractivity contribution in [3.05, 3.63) is 75.6 Å². The predicted molar refractivity (Wildman–Crippen MR) is 108 cm³/mol. The summed E-state index contributed by atoms with van der Waals surface area (Å²) in [4.78, 5) is 16.5. The Balaban J connectivity index is 2.09. The van der Waals surface area contributed by atoms with Crippen molar-refractivity contribution < 1.29 is 37.3 Å². The summed E-state index contributed by atoms with van der Waals surface area (Å²) in [5.41, 5.74) is -1.34. The molecule has 0 saturated carbocycles. The van der Waals surface area contributed by atoms with Crippen LogP contribution >= 0.6 is 11.8 Å². The number of hydrogen-bond donors (Lipinski definition) is 2. The number of halogens is 4. The number of para-hydroxylation sites is 1. The Kier molecular flexibility index (Phi) is 6.40. The van der Waals surface area contributed by atoms with Gasteiger partial charge in [0.15, 0.2) is 11.6 Å². The minimum atomic E-state index is -4.58. The molecule has 0 aromatic heterocycles. The van der Waals surface area contributed by atoms with Crippen LogP contribution in [0.15, 0.2) is 63.7 Å². The van der Waals surface area contributed by atoms with Crippen LogP contribution in [0.1, 0.15) is 18.1 Å². The molecule has 10 heteroatoms. The summed E-state index contributed by atoms with van der Waals surface area (Å²) in [5.74, 6) is -3.02. The van der Waals surface area contributed by atoms with E-state index in [4.69, 9.17) is 4.74 Å². The van der Waals surface area contributed by atoms with Crippen molar-refractivity contribution in [3.63, 3.8) is 0 Å². The number of carbonyl (C=O) groups is 1. The van der Waals surface area contributed by atoms with Crippen LogP contribution in [-0.4, -0.2) is 27.8 Å². The zero-order valence-electron chi connectivity index (χ0n) is 15.9. The van der Waals surface area contributed by atoms with Gasteiger partial charge in [-0.05, 0) is 37.3 Å². The van der Waals surface area contributed by atoms with E-state index in [1.807, 2.05) is 0 Å². The number of ether oxygens (including phenoxy) is 1. The number of alkyl halides is 3. The maximum absolute atomic E-state index is 13.6. The third kappa shape index (κ3) is 4.91. The van der Waals surface area contributed by atoms with E-state index in [2.05, 4.69) is 4.99 Å². The highest BCUT2D eigenvalue weighted by Gasteiger charge is 2.34. The smallest absolute Gasteiger partial charge is 0.416 e. The van der Waals surface area contributed by atoms with Gasteiger partial charge in [-0.3, -0.25) is 0 Å². The molecule has 31 heavy (non-hydrogen) atoms.